The minimum atomic E-state index is -0.548. The minimum absolute atomic E-state index is 0.322. The molecule has 0 radical (unpaired) electrons. The number of benzene rings is 1. The molecular weight excluding hydrogens is 294 g/mol. The van der Waals surface area contributed by atoms with Gasteiger partial charge >= 0.3 is 12.1 Å². The van der Waals surface area contributed by atoms with Gasteiger partial charge < -0.3 is 20.3 Å². The van der Waals surface area contributed by atoms with Crippen LogP contribution in [0.2, 0.25) is 0 Å². The predicted molar refractivity (Wildman–Crippen MR) is 91.4 cm³/mol. The van der Waals surface area contributed by atoms with Crippen molar-refractivity contribution < 1.29 is 14.3 Å². The highest BCUT2D eigenvalue weighted by molar-refractivity contribution is 5.90. The van der Waals surface area contributed by atoms with Gasteiger partial charge in [-0.15, -0.1) is 6.58 Å². The number of rotatable bonds is 5. The van der Waals surface area contributed by atoms with E-state index in [0.717, 1.165) is 5.56 Å². The maximum absolute atomic E-state index is 12.0. The van der Waals surface area contributed by atoms with E-state index in [2.05, 4.69) is 17.2 Å². The monoisotopic (exact) mass is 319 g/mol. The summed E-state index contributed by atoms with van der Waals surface area (Å²) in [4.78, 5) is 25.3. The first-order chi connectivity index (χ1) is 10.7. The second-order valence-corrected chi connectivity index (χ2v) is 6.12. The molecule has 0 aliphatic carbocycles. The number of ether oxygens (including phenoxy) is 1. The van der Waals surface area contributed by atoms with E-state index in [4.69, 9.17) is 4.74 Å². The molecule has 0 aliphatic rings. The zero-order valence-electron chi connectivity index (χ0n) is 14.2. The van der Waals surface area contributed by atoms with E-state index < -0.39 is 11.7 Å². The zero-order chi connectivity index (χ0) is 17.5. The number of carbonyl (C=O) groups excluding carboxylic acids is 2. The fourth-order valence-electron chi connectivity index (χ4n) is 1.77. The Hall–Kier alpha value is -2.50. The van der Waals surface area contributed by atoms with Crippen LogP contribution in [-0.2, 0) is 11.3 Å². The fourth-order valence-corrected chi connectivity index (χ4v) is 1.77. The largest absolute Gasteiger partial charge is 0.444 e. The van der Waals surface area contributed by atoms with Crippen LogP contribution in [0.25, 0.3) is 0 Å². The van der Waals surface area contributed by atoms with Crippen molar-refractivity contribution in [2.45, 2.75) is 32.9 Å². The quantitative estimate of drug-likeness (QED) is 0.818. The van der Waals surface area contributed by atoms with Crippen molar-refractivity contribution in [2.75, 3.05) is 18.9 Å². The van der Waals surface area contributed by atoms with Gasteiger partial charge in [-0.05, 0) is 32.4 Å². The van der Waals surface area contributed by atoms with E-state index >= 15 is 0 Å². The maximum atomic E-state index is 12.0. The second-order valence-electron chi connectivity index (χ2n) is 6.12. The number of anilines is 1. The smallest absolute Gasteiger partial charge is 0.410 e. The molecule has 3 amide bonds. The van der Waals surface area contributed by atoms with Gasteiger partial charge in [-0.25, -0.2) is 9.59 Å². The molecule has 0 spiro atoms. The molecular formula is C17H25N3O3. The van der Waals surface area contributed by atoms with Crippen molar-refractivity contribution >= 4 is 17.8 Å². The molecule has 1 aromatic rings. The van der Waals surface area contributed by atoms with Crippen molar-refractivity contribution in [3.63, 3.8) is 0 Å². The summed E-state index contributed by atoms with van der Waals surface area (Å²) < 4.78 is 5.32. The normalized spacial score (nSPS) is 10.6. The molecule has 0 aromatic heterocycles. The molecule has 0 saturated carbocycles. The number of nitrogens with zero attached hydrogens (tertiary/aromatic N) is 1. The van der Waals surface area contributed by atoms with E-state index in [1.54, 1.807) is 19.2 Å². The van der Waals surface area contributed by atoms with E-state index in [1.807, 2.05) is 39.0 Å². The average Bonchev–Trinajstić information content (AvgIpc) is 2.45. The third-order valence-corrected chi connectivity index (χ3v) is 2.79. The van der Waals surface area contributed by atoms with E-state index in [0.29, 0.717) is 18.8 Å². The van der Waals surface area contributed by atoms with Gasteiger partial charge in [0, 0.05) is 19.3 Å². The number of amides is 3. The summed E-state index contributed by atoms with van der Waals surface area (Å²) in [5, 5.41) is 5.40. The van der Waals surface area contributed by atoms with E-state index in [9.17, 15) is 9.59 Å². The summed E-state index contributed by atoms with van der Waals surface area (Å²) in [6.45, 7) is 9.70. The first kappa shape index (κ1) is 18.5. The van der Waals surface area contributed by atoms with Crippen molar-refractivity contribution in [3.8, 4) is 0 Å². The Morgan fingerprint density at radius 2 is 1.96 bits per heavy atom. The topological polar surface area (TPSA) is 70.7 Å². The first-order valence-electron chi connectivity index (χ1n) is 7.40. The van der Waals surface area contributed by atoms with Crippen LogP contribution in [0.15, 0.2) is 36.9 Å². The maximum Gasteiger partial charge on any atom is 0.410 e. The fraction of sp³-hybridized carbons (Fsp3) is 0.412. The average molecular weight is 319 g/mol. The summed E-state index contributed by atoms with van der Waals surface area (Å²) in [6, 6.07) is 6.98. The molecule has 0 bridgehead atoms. The number of hydrogen-bond donors (Lipinski definition) is 2. The summed E-state index contributed by atoms with van der Waals surface area (Å²) in [6.07, 6.45) is 1.19. The van der Waals surface area contributed by atoms with Crippen molar-refractivity contribution in [3.05, 3.63) is 42.5 Å². The third kappa shape index (κ3) is 6.86. The van der Waals surface area contributed by atoms with Gasteiger partial charge in [-0.1, -0.05) is 24.3 Å². The minimum Gasteiger partial charge on any atom is -0.444 e. The Kier molecular flexibility index (Phi) is 6.63. The van der Waals surface area contributed by atoms with E-state index in [1.165, 1.54) is 4.90 Å². The van der Waals surface area contributed by atoms with Crippen molar-refractivity contribution in [1.82, 2.24) is 10.2 Å². The molecule has 0 saturated heterocycles. The molecule has 1 aromatic carbocycles. The Labute approximate surface area is 137 Å². The highest BCUT2D eigenvalue weighted by Gasteiger charge is 2.20. The van der Waals surface area contributed by atoms with Crippen molar-refractivity contribution in [1.29, 1.82) is 0 Å². The molecule has 6 nitrogen and oxygen atoms in total. The Morgan fingerprint density at radius 1 is 1.30 bits per heavy atom. The number of hydrogen-bond acceptors (Lipinski definition) is 3. The van der Waals surface area contributed by atoms with Gasteiger partial charge in [0.1, 0.15) is 5.60 Å². The molecule has 6 heteroatoms. The Bertz CT molecular complexity index is 564. The molecule has 0 heterocycles. The number of carbonyl (C=O) groups is 2. The lowest BCUT2D eigenvalue weighted by atomic mass is 10.1. The molecule has 2 N–H and O–H groups in total. The number of nitrogens with one attached hydrogen (secondary N) is 2. The molecule has 1 rings (SSSR count). The molecule has 0 fully saturated rings. The van der Waals surface area contributed by atoms with Gasteiger partial charge in [0.15, 0.2) is 0 Å². The summed E-state index contributed by atoms with van der Waals surface area (Å²) in [5.74, 6) is 0. The standard InChI is InChI=1S/C17H25N3O3/c1-6-11-18-15(21)19-14-10-8-7-9-13(14)12-20(5)16(22)23-17(2,3)4/h6-10H,1,11-12H2,2-5H3,(H2,18,19,21). The predicted octanol–water partition coefficient (Wildman–Crippen LogP) is 3.36. The summed E-state index contributed by atoms with van der Waals surface area (Å²) in [7, 11) is 1.66. The lowest BCUT2D eigenvalue weighted by molar-refractivity contribution is 0.0285. The third-order valence-electron chi connectivity index (χ3n) is 2.79. The number of urea groups is 1. The van der Waals surface area contributed by atoms with Crippen LogP contribution >= 0.6 is 0 Å². The van der Waals surface area contributed by atoms with Crippen LogP contribution < -0.4 is 10.6 Å². The van der Waals surface area contributed by atoms with Crippen LogP contribution in [0.3, 0.4) is 0 Å². The SMILES string of the molecule is C=CCNC(=O)Nc1ccccc1CN(C)C(=O)OC(C)(C)C. The second kappa shape index (κ2) is 8.22. The lowest BCUT2D eigenvalue weighted by Gasteiger charge is -2.25. The highest BCUT2D eigenvalue weighted by atomic mass is 16.6. The van der Waals surface area contributed by atoms with Gasteiger partial charge in [-0.2, -0.15) is 0 Å². The van der Waals surface area contributed by atoms with Gasteiger partial charge in [0.05, 0.1) is 6.54 Å². The Morgan fingerprint density at radius 3 is 2.57 bits per heavy atom. The molecule has 0 aliphatic heterocycles. The van der Waals surface area contributed by atoms with Crippen LogP contribution in [0.1, 0.15) is 26.3 Å². The van der Waals surface area contributed by atoms with E-state index in [-0.39, 0.29) is 6.03 Å². The van der Waals surface area contributed by atoms with Crippen LogP contribution in [0, 0.1) is 0 Å². The summed E-state index contributed by atoms with van der Waals surface area (Å²) >= 11 is 0. The van der Waals surface area contributed by atoms with Crippen LogP contribution in [0.4, 0.5) is 15.3 Å². The van der Waals surface area contributed by atoms with Gasteiger partial charge in [-0.3, -0.25) is 0 Å². The first-order valence-corrected chi connectivity index (χ1v) is 7.40. The van der Waals surface area contributed by atoms with Crippen LogP contribution in [-0.4, -0.2) is 36.2 Å². The van der Waals surface area contributed by atoms with Gasteiger partial charge in [0.25, 0.3) is 0 Å². The Balaban J connectivity index is 2.75. The summed E-state index contributed by atoms with van der Waals surface area (Å²) in [5.41, 5.74) is 0.910. The molecule has 0 atom stereocenters. The van der Waals surface area contributed by atoms with Crippen molar-refractivity contribution in [2.24, 2.45) is 0 Å². The molecule has 23 heavy (non-hydrogen) atoms. The number of para-hydroxylation sites is 1. The van der Waals surface area contributed by atoms with Gasteiger partial charge in [0.2, 0.25) is 0 Å². The van der Waals surface area contributed by atoms with Crippen LogP contribution in [0.5, 0.6) is 0 Å². The molecule has 126 valence electrons. The zero-order valence-corrected chi connectivity index (χ0v) is 14.2. The lowest BCUT2D eigenvalue weighted by Crippen LogP contribution is -2.34. The molecule has 0 unspecified atom stereocenters. The highest BCUT2D eigenvalue weighted by Crippen LogP contribution is 2.18.